The van der Waals surface area contributed by atoms with Crippen molar-refractivity contribution >= 4 is 33.3 Å². The number of tetrazole rings is 1. The van der Waals surface area contributed by atoms with Crippen molar-refractivity contribution in [3.8, 4) is 11.8 Å². The number of carbonyl (C=O) groups is 1. The molecule has 4 aromatic rings. The Morgan fingerprint density at radius 2 is 2.19 bits per heavy atom. The third-order valence-electron chi connectivity index (χ3n) is 3.46. The van der Waals surface area contributed by atoms with Gasteiger partial charge in [-0.1, -0.05) is 23.3 Å². The molecule has 132 valence electrons. The Hall–Kier alpha value is -3.27. The molecule has 1 amide bonds. The van der Waals surface area contributed by atoms with Gasteiger partial charge in [0.25, 0.3) is 11.9 Å². The number of carbonyl (C=O) groups excluding carboxylic acids is 1. The van der Waals surface area contributed by atoms with Gasteiger partial charge in [-0.05, 0) is 36.6 Å². The first-order chi connectivity index (χ1) is 12.6. The van der Waals surface area contributed by atoms with Crippen LogP contribution in [0.25, 0.3) is 16.0 Å². The maximum Gasteiger partial charge on any atom is 0.276 e. The fraction of sp³-hybridized carbons (Fsp3) is 0.188. The van der Waals surface area contributed by atoms with Gasteiger partial charge >= 0.3 is 0 Å². The Morgan fingerprint density at radius 3 is 2.92 bits per heavy atom. The van der Waals surface area contributed by atoms with Crippen LogP contribution in [-0.4, -0.2) is 42.2 Å². The molecule has 3 aromatic heterocycles. The van der Waals surface area contributed by atoms with Gasteiger partial charge in [-0.15, -0.1) is 16.4 Å². The molecule has 26 heavy (non-hydrogen) atoms. The lowest BCUT2D eigenvalue weighted by molar-refractivity contribution is 0.102. The summed E-state index contributed by atoms with van der Waals surface area (Å²) in [5.74, 6) is 0.598. The van der Waals surface area contributed by atoms with Crippen LogP contribution < -0.4 is 10.1 Å². The van der Waals surface area contributed by atoms with Crippen molar-refractivity contribution in [1.82, 2.24) is 30.2 Å². The number of nitrogens with zero attached hydrogens (tertiary/aromatic N) is 5. The number of fused-ring (bicyclic) bond motifs is 1. The number of rotatable bonds is 5. The zero-order valence-electron chi connectivity index (χ0n) is 14.0. The van der Waals surface area contributed by atoms with Gasteiger partial charge in [0.2, 0.25) is 11.8 Å². The monoisotopic (exact) mass is 369 g/mol. The number of imidazole rings is 1. The fourth-order valence-electron chi connectivity index (χ4n) is 2.41. The molecule has 3 heterocycles. The minimum Gasteiger partial charge on any atom is -0.474 e. The summed E-state index contributed by atoms with van der Waals surface area (Å²) in [5, 5.41) is 17.6. The number of anilines is 1. The first kappa shape index (κ1) is 16.2. The van der Waals surface area contributed by atoms with Crippen molar-refractivity contribution in [1.29, 1.82) is 0 Å². The van der Waals surface area contributed by atoms with Gasteiger partial charge in [-0.25, -0.2) is 4.57 Å². The second-order valence-electron chi connectivity index (χ2n) is 5.75. The molecule has 0 aliphatic rings. The largest absolute Gasteiger partial charge is 0.474 e. The Bertz CT molecular complexity index is 1020. The molecule has 0 radical (unpaired) electrons. The van der Waals surface area contributed by atoms with Crippen LogP contribution in [0.4, 0.5) is 5.95 Å². The molecule has 0 spiro atoms. The smallest absolute Gasteiger partial charge is 0.276 e. The number of amides is 1. The number of ether oxygens (including phenoxy) is 1. The highest BCUT2D eigenvalue weighted by Gasteiger charge is 2.18. The number of H-pyrrole nitrogens is 1. The quantitative estimate of drug-likeness (QED) is 0.559. The van der Waals surface area contributed by atoms with Crippen LogP contribution in [0.3, 0.4) is 0 Å². The lowest BCUT2D eigenvalue weighted by Crippen LogP contribution is -2.14. The van der Waals surface area contributed by atoms with Gasteiger partial charge in [0.15, 0.2) is 0 Å². The SMILES string of the molecule is CC(C)Oc1cn(-c2nn[nH]n2)c(NC(=O)c2cc3ccccc3s2)n1. The fourth-order valence-corrected chi connectivity index (χ4v) is 3.37. The first-order valence-electron chi connectivity index (χ1n) is 7.90. The molecule has 4 rings (SSSR count). The van der Waals surface area contributed by atoms with Gasteiger partial charge < -0.3 is 4.74 Å². The van der Waals surface area contributed by atoms with Crippen LogP contribution in [0.1, 0.15) is 23.5 Å². The summed E-state index contributed by atoms with van der Waals surface area (Å²) in [7, 11) is 0. The predicted octanol–water partition coefficient (Wildman–Crippen LogP) is 2.64. The van der Waals surface area contributed by atoms with Gasteiger partial charge in [-0.2, -0.15) is 10.2 Å². The van der Waals surface area contributed by atoms with E-state index in [1.165, 1.54) is 15.9 Å². The maximum atomic E-state index is 12.7. The molecule has 0 fully saturated rings. The Morgan fingerprint density at radius 1 is 1.35 bits per heavy atom. The molecule has 0 atom stereocenters. The minimum absolute atomic E-state index is 0.0604. The highest BCUT2D eigenvalue weighted by Crippen LogP contribution is 2.26. The molecule has 2 N–H and O–H groups in total. The normalized spacial score (nSPS) is 11.2. The molecular formula is C16H15N7O2S. The lowest BCUT2D eigenvalue weighted by Gasteiger charge is -2.04. The second-order valence-corrected chi connectivity index (χ2v) is 6.84. The van der Waals surface area contributed by atoms with Gasteiger partial charge in [0.05, 0.1) is 17.2 Å². The molecule has 0 aliphatic heterocycles. The molecule has 0 saturated carbocycles. The second kappa shape index (κ2) is 6.56. The number of hydrogen-bond donors (Lipinski definition) is 2. The van der Waals surface area contributed by atoms with Crippen molar-refractivity contribution in [3.63, 3.8) is 0 Å². The summed E-state index contributed by atoms with van der Waals surface area (Å²) in [6, 6.07) is 9.68. The molecule has 10 heteroatoms. The molecule has 0 aliphatic carbocycles. The molecular weight excluding hydrogens is 354 g/mol. The van der Waals surface area contributed by atoms with E-state index in [4.69, 9.17) is 4.74 Å². The van der Waals surface area contributed by atoms with Crippen LogP contribution in [0.15, 0.2) is 36.5 Å². The standard InChI is InChI=1S/C16H15N7O2S/c1-9(2)25-13-8-23(16-19-21-22-20-16)15(17-13)18-14(24)12-7-10-5-3-4-6-11(10)26-12/h3-9H,1-2H3,(H,17,18,24)(H,19,20,21,22). The average molecular weight is 369 g/mol. The lowest BCUT2D eigenvalue weighted by atomic mass is 10.2. The van der Waals surface area contributed by atoms with Crippen LogP contribution in [0, 0.1) is 0 Å². The van der Waals surface area contributed by atoms with E-state index >= 15 is 0 Å². The third-order valence-corrected chi connectivity index (χ3v) is 4.58. The number of aromatic amines is 1. The van der Waals surface area contributed by atoms with E-state index in [-0.39, 0.29) is 23.9 Å². The van der Waals surface area contributed by atoms with E-state index in [1.54, 1.807) is 6.20 Å². The Balaban J connectivity index is 1.65. The number of hydrogen-bond acceptors (Lipinski definition) is 7. The highest BCUT2D eigenvalue weighted by molar-refractivity contribution is 7.20. The summed E-state index contributed by atoms with van der Waals surface area (Å²) < 4.78 is 8.15. The zero-order valence-corrected chi connectivity index (χ0v) is 14.8. The molecule has 9 nitrogen and oxygen atoms in total. The van der Waals surface area contributed by atoms with E-state index in [1.807, 2.05) is 44.2 Å². The highest BCUT2D eigenvalue weighted by atomic mass is 32.1. The van der Waals surface area contributed by atoms with E-state index in [0.717, 1.165) is 10.1 Å². The van der Waals surface area contributed by atoms with Crippen molar-refractivity contribution in [3.05, 3.63) is 41.4 Å². The van der Waals surface area contributed by atoms with E-state index in [0.29, 0.717) is 10.8 Å². The summed E-state index contributed by atoms with van der Waals surface area (Å²) >= 11 is 1.42. The first-order valence-corrected chi connectivity index (χ1v) is 8.71. The van der Waals surface area contributed by atoms with Crippen LogP contribution >= 0.6 is 11.3 Å². The Kier molecular flexibility index (Phi) is 4.09. The third kappa shape index (κ3) is 3.14. The van der Waals surface area contributed by atoms with E-state index in [9.17, 15) is 4.79 Å². The van der Waals surface area contributed by atoms with Crippen LogP contribution in [0.5, 0.6) is 5.88 Å². The summed E-state index contributed by atoms with van der Waals surface area (Å²) in [6.07, 6.45) is 1.54. The number of thiophene rings is 1. The molecule has 0 unspecified atom stereocenters. The van der Waals surface area contributed by atoms with Crippen molar-refractivity contribution in [2.45, 2.75) is 20.0 Å². The summed E-state index contributed by atoms with van der Waals surface area (Å²) in [4.78, 5) is 17.6. The maximum absolute atomic E-state index is 12.7. The van der Waals surface area contributed by atoms with Crippen molar-refractivity contribution < 1.29 is 9.53 Å². The predicted molar refractivity (Wildman–Crippen MR) is 96.8 cm³/mol. The molecule has 1 aromatic carbocycles. The van der Waals surface area contributed by atoms with E-state index in [2.05, 4.69) is 30.9 Å². The van der Waals surface area contributed by atoms with Gasteiger partial charge in [0.1, 0.15) is 0 Å². The van der Waals surface area contributed by atoms with Gasteiger partial charge in [0, 0.05) is 4.70 Å². The summed E-state index contributed by atoms with van der Waals surface area (Å²) in [5.41, 5.74) is 0. The van der Waals surface area contributed by atoms with Crippen molar-refractivity contribution in [2.24, 2.45) is 0 Å². The number of aromatic nitrogens is 6. The zero-order chi connectivity index (χ0) is 18.1. The number of nitrogens with one attached hydrogen (secondary N) is 2. The summed E-state index contributed by atoms with van der Waals surface area (Å²) in [6.45, 7) is 3.78. The molecule has 0 bridgehead atoms. The van der Waals surface area contributed by atoms with E-state index < -0.39 is 0 Å². The topological polar surface area (TPSA) is 111 Å². The number of benzene rings is 1. The van der Waals surface area contributed by atoms with Crippen LogP contribution in [-0.2, 0) is 0 Å². The molecule has 0 saturated heterocycles. The average Bonchev–Trinajstić information content (AvgIpc) is 3.33. The van der Waals surface area contributed by atoms with Gasteiger partial charge in [-0.3, -0.25) is 10.1 Å². The van der Waals surface area contributed by atoms with Crippen LogP contribution in [0.2, 0.25) is 0 Å². The Labute approximate surface area is 152 Å². The van der Waals surface area contributed by atoms with Crippen molar-refractivity contribution in [2.75, 3.05) is 5.32 Å². The minimum atomic E-state index is -0.266.